The summed E-state index contributed by atoms with van der Waals surface area (Å²) in [5, 5.41) is 12.0. The van der Waals surface area contributed by atoms with Crippen LogP contribution in [-0.4, -0.2) is 21.6 Å². The first-order valence-electron chi connectivity index (χ1n) is 10.5. The highest BCUT2D eigenvalue weighted by Crippen LogP contribution is 2.31. The number of hydrogen-bond acceptors (Lipinski definition) is 3. The number of carbonyl (C=O) groups is 2. The molecule has 1 aromatic heterocycles. The lowest BCUT2D eigenvalue weighted by molar-refractivity contribution is -0.140. The summed E-state index contributed by atoms with van der Waals surface area (Å²) in [5.41, 5.74) is -0.735. The van der Waals surface area contributed by atoms with Gasteiger partial charge in [0.1, 0.15) is 5.82 Å². The van der Waals surface area contributed by atoms with Crippen LogP contribution in [0.15, 0.2) is 47.4 Å². The normalized spacial score (nSPS) is 11.6. The average Bonchev–Trinajstić information content (AvgIpc) is 2.75. The number of amides is 1. The van der Waals surface area contributed by atoms with Crippen LogP contribution in [0.2, 0.25) is 0 Å². The van der Waals surface area contributed by atoms with Crippen LogP contribution in [0.4, 0.5) is 17.6 Å². The van der Waals surface area contributed by atoms with E-state index >= 15 is 0 Å². The lowest BCUT2D eigenvalue weighted by atomic mass is 10.00. The number of benzene rings is 2. The quantitative estimate of drug-likeness (QED) is 0.364. The predicted molar refractivity (Wildman–Crippen MR) is 117 cm³/mol. The van der Waals surface area contributed by atoms with Gasteiger partial charge in [0.2, 0.25) is 0 Å². The van der Waals surface area contributed by atoms with Crippen molar-refractivity contribution in [1.82, 2.24) is 9.88 Å². The average molecular weight is 478 g/mol. The molecule has 10 heteroatoms. The minimum atomic E-state index is -4.81. The number of aryl methyl sites for hydroxylation is 2. The molecule has 0 saturated carbocycles. The first-order chi connectivity index (χ1) is 16.0. The Labute approximate surface area is 191 Å². The molecule has 2 N–H and O–H groups in total. The van der Waals surface area contributed by atoms with E-state index in [1.165, 1.54) is 10.8 Å². The number of fused-ring (bicyclic) bond motifs is 1. The fraction of sp³-hybridized carbons (Fsp3) is 0.292. The van der Waals surface area contributed by atoms with E-state index in [0.717, 1.165) is 12.1 Å². The molecule has 2 aromatic carbocycles. The van der Waals surface area contributed by atoms with E-state index in [1.54, 1.807) is 25.1 Å². The first-order valence-corrected chi connectivity index (χ1v) is 10.5. The Morgan fingerprint density at radius 1 is 1.06 bits per heavy atom. The van der Waals surface area contributed by atoms with Gasteiger partial charge in [-0.25, -0.2) is 4.39 Å². The Morgan fingerprint density at radius 3 is 2.44 bits per heavy atom. The highest BCUT2D eigenvalue weighted by molar-refractivity contribution is 6.08. The molecule has 0 atom stereocenters. The molecule has 0 bridgehead atoms. The zero-order valence-corrected chi connectivity index (χ0v) is 18.2. The summed E-state index contributed by atoms with van der Waals surface area (Å²) in [4.78, 5) is 36.4. The van der Waals surface area contributed by atoms with Gasteiger partial charge in [-0.2, -0.15) is 13.2 Å². The summed E-state index contributed by atoms with van der Waals surface area (Å²) >= 11 is 0. The van der Waals surface area contributed by atoms with Crippen LogP contribution < -0.4 is 10.9 Å². The van der Waals surface area contributed by atoms with Crippen molar-refractivity contribution >= 4 is 22.6 Å². The second-order valence-electron chi connectivity index (χ2n) is 7.88. The third kappa shape index (κ3) is 5.62. The molecule has 0 fully saturated rings. The van der Waals surface area contributed by atoms with Crippen molar-refractivity contribution in [3.8, 4) is 0 Å². The molecule has 1 amide bonds. The van der Waals surface area contributed by atoms with Crippen molar-refractivity contribution in [2.75, 3.05) is 0 Å². The minimum Gasteiger partial charge on any atom is -0.481 e. The zero-order chi connectivity index (χ0) is 25.0. The highest BCUT2D eigenvalue weighted by Gasteiger charge is 2.33. The number of carboxylic acid groups (broad SMARTS) is 1. The molecule has 1 heterocycles. The maximum Gasteiger partial charge on any atom is 0.419 e. The molecular weight excluding hydrogens is 456 g/mol. The molecular formula is C24H22F4N2O4. The van der Waals surface area contributed by atoms with Crippen molar-refractivity contribution in [1.29, 1.82) is 0 Å². The summed E-state index contributed by atoms with van der Waals surface area (Å²) in [6.07, 6.45) is -2.34. The van der Waals surface area contributed by atoms with Gasteiger partial charge >= 0.3 is 12.1 Å². The number of halogens is 4. The first kappa shape index (κ1) is 24.9. The van der Waals surface area contributed by atoms with Crippen LogP contribution in [0.1, 0.15) is 46.3 Å². The molecule has 0 aliphatic heterocycles. The van der Waals surface area contributed by atoms with Crippen LogP contribution in [0, 0.1) is 12.7 Å². The largest absolute Gasteiger partial charge is 0.481 e. The molecule has 0 radical (unpaired) electrons. The van der Waals surface area contributed by atoms with Crippen molar-refractivity contribution in [3.63, 3.8) is 0 Å². The number of nitrogens with zero attached hydrogens (tertiary/aromatic N) is 1. The molecule has 0 spiro atoms. The summed E-state index contributed by atoms with van der Waals surface area (Å²) in [5.74, 6) is -2.89. The maximum absolute atomic E-state index is 13.8. The van der Waals surface area contributed by atoms with Gasteiger partial charge in [-0.15, -0.1) is 0 Å². The van der Waals surface area contributed by atoms with E-state index in [1.807, 2.05) is 0 Å². The minimum absolute atomic E-state index is 0.00861. The standard InChI is InChI=1S/C24H22F4N2O4/c1-14-5-7-17-16(9-11-30(23(17)34)10-3-2-4-20(31)32)21(14)22(33)29-13-15-6-8-18(19(25)12-15)24(26,27)28/h5-9,11-12H,2-4,10,13H2,1H3,(H,29,33)(H,31,32). The molecule has 6 nitrogen and oxygen atoms in total. The third-order valence-corrected chi connectivity index (χ3v) is 5.42. The topological polar surface area (TPSA) is 88.4 Å². The summed E-state index contributed by atoms with van der Waals surface area (Å²) < 4.78 is 53.4. The van der Waals surface area contributed by atoms with Crippen LogP contribution in [0.5, 0.6) is 0 Å². The second-order valence-corrected chi connectivity index (χ2v) is 7.88. The van der Waals surface area contributed by atoms with E-state index in [9.17, 15) is 31.9 Å². The Kier molecular flexibility index (Phi) is 7.38. The Morgan fingerprint density at radius 2 is 1.79 bits per heavy atom. The number of pyridine rings is 1. The van der Waals surface area contributed by atoms with E-state index in [2.05, 4.69) is 5.32 Å². The number of aliphatic carboxylic acids is 1. The van der Waals surface area contributed by atoms with Crippen molar-refractivity contribution in [2.24, 2.45) is 0 Å². The number of unbranched alkanes of at least 4 members (excludes halogenated alkanes) is 1. The van der Waals surface area contributed by atoms with Crippen LogP contribution in [0.3, 0.4) is 0 Å². The fourth-order valence-electron chi connectivity index (χ4n) is 3.68. The number of hydrogen-bond donors (Lipinski definition) is 2. The SMILES string of the molecule is Cc1ccc2c(=O)n(CCCCC(=O)O)ccc2c1C(=O)NCc1ccc(C(F)(F)F)c(F)c1. The van der Waals surface area contributed by atoms with Gasteiger partial charge in [0, 0.05) is 36.5 Å². The lowest BCUT2D eigenvalue weighted by Crippen LogP contribution is -2.26. The molecule has 0 saturated heterocycles. The fourth-order valence-corrected chi connectivity index (χ4v) is 3.68. The molecule has 0 aliphatic rings. The molecule has 3 aromatic rings. The van der Waals surface area contributed by atoms with Gasteiger partial charge in [0.05, 0.1) is 11.1 Å². The molecule has 3 rings (SSSR count). The number of carbonyl (C=O) groups excluding carboxylic acids is 1. The van der Waals surface area contributed by atoms with Gasteiger partial charge in [-0.1, -0.05) is 12.1 Å². The van der Waals surface area contributed by atoms with Crippen molar-refractivity contribution in [3.05, 3.63) is 81.0 Å². The molecule has 180 valence electrons. The Bertz CT molecular complexity index is 1300. The second kappa shape index (κ2) is 10.1. The van der Waals surface area contributed by atoms with E-state index in [4.69, 9.17) is 5.11 Å². The Balaban J connectivity index is 1.80. The number of nitrogens with one attached hydrogen (secondary N) is 1. The summed E-state index contributed by atoms with van der Waals surface area (Å²) in [6, 6.07) is 7.27. The summed E-state index contributed by atoms with van der Waals surface area (Å²) in [7, 11) is 0. The highest BCUT2D eigenvalue weighted by atomic mass is 19.4. The lowest BCUT2D eigenvalue weighted by Gasteiger charge is -2.13. The van der Waals surface area contributed by atoms with Crippen LogP contribution in [-0.2, 0) is 24.1 Å². The van der Waals surface area contributed by atoms with Gasteiger partial charge in [0.25, 0.3) is 11.5 Å². The maximum atomic E-state index is 13.8. The van der Waals surface area contributed by atoms with Crippen molar-refractivity contribution in [2.45, 2.75) is 45.5 Å². The third-order valence-electron chi connectivity index (χ3n) is 5.42. The van der Waals surface area contributed by atoms with Crippen LogP contribution in [0.25, 0.3) is 10.8 Å². The number of aromatic nitrogens is 1. The van der Waals surface area contributed by atoms with Gasteiger partial charge < -0.3 is 15.0 Å². The van der Waals surface area contributed by atoms with Gasteiger partial charge in [-0.3, -0.25) is 14.4 Å². The summed E-state index contributed by atoms with van der Waals surface area (Å²) in [6.45, 7) is 1.81. The number of carboxylic acids is 1. The van der Waals surface area contributed by atoms with E-state index in [-0.39, 0.29) is 29.7 Å². The van der Waals surface area contributed by atoms with Crippen molar-refractivity contribution < 1.29 is 32.3 Å². The smallest absolute Gasteiger partial charge is 0.419 e. The molecule has 0 aliphatic carbocycles. The van der Waals surface area contributed by atoms with E-state index < -0.39 is 29.4 Å². The Hall–Kier alpha value is -3.69. The van der Waals surface area contributed by atoms with E-state index in [0.29, 0.717) is 41.8 Å². The predicted octanol–water partition coefficient (Wildman–Crippen LogP) is 4.65. The monoisotopic (exact) mass is 478 g/mol. The number of rotatable bonds is 8. The molecule has 34 heavy (non-hydrogen) atoms. The zero-order valence-electron chi connectivity index (χ0n) is 18.2. The van der Waals surface area contributed by atoms with Gasteiger partial charge in [-0.05, 0) is 55.2 Å². The molecule has 0 unspecified atom stereocenters. The van der Waals surface area contributed by atoms with Crippen LogP contribution >= 0.6 is 0 Å². The van der Waals surface area contributed by atoms with Gasteiger partial charge in [0.15, 0.2) is 0 Å². The number of alkyl halides is 3.